The molecule has 0 bridgehead atoms. The third-order valence-electron chi connectivity index (χ3n) is 10.1. The molecular weight excluding hydrogens is 438 g/mol. The topological polar surface area (TPSA) is 9.23 Å². The first-order valence-corrected chi connectivity index (χ1v) is 15.1. The van der Waals surface area contributed by atoms with E-state index in [9.17, 15) is 8.78 Å². The van der Waals surface area contributed by atoms with Crippen LogP contribution in [0.5, 0.6) is 5.75 Å². The molecule has 3 aliphatic rings. The quantitative estimate of drug-likeness (QED) is 0.281. The molecule has 3 saturated carbocycles. The number of ether oxygens (including phenoxy) is 1. The second-order valence-electron chi connectivity index (χ2n) is 12.4. The summed E-state index contributed by atoms with van der Waals surface area (Å²) in [6.07, 6.45) is 24.6. The van der Waals surface area contributed by atoms with Crippen LogP contribution in [0, 0.1) is 41.2 Å². The van der Waals surface area contributed by atoms with E-state index in [1.165, 1.54) is 110 Å². The Bertz CT molecular complexity index is 769. The zero-order valence-electron chi connectivity index (χ0n) is 22.5. The predicted molar refractivity (Wildman–Crippen MR) is 142 cm³/mol. The smallest absolute Gasteiger partial charge is 0.200 e. The molecule has 198 valence electrons. The van der Waals surface area contributed by atoms with Gasteiger partial charge in [0.1, 0.15) is 0 Å². The van der Waals surface area contributed by atoms with Gasteiger partial charge in [0.2, 0.25) is 5.82 Å². The van der Waals surface area contributed by atoms with E-state index in [0.29, 0.717) is 11.5 Å². The minimum atomic E-state index is -0.822. The summed E-state index contributed by atoms with van der Waals surface area (Å²) in [5.41, 5.74) is 0.570. The molecule has 0 radical (unpaired) electrons. The van der Waals surface area contributed by atoms with Crippen molar-refractivity contribution in [3.8, 4) is 5.75 Å². The highest BCUT2D eigenvalue weighted by Crippen LogP contribution is 2.49. The van der Waals surface area contributed by atoms with Crippen LogP contribution in [-0.2, 0) is 0 Å². The van der Waals surface area contributed by atoms with Gasteiger partial charge in [-0.05, 0) is 79.2 Å². The Hall–Kier alpha value is -1.12. The lowest BCUT2D eigenvalue weighted by Crippen LogP contribution is -2.31. The number of methoxy groups -OCH3 is 1. The molecule has 0 aliphatic heterocycles. The summed E-state index contributed by atoms with van der Waals surface area (Å²) in [6, 6.07) is 3.35. The zero-order valence-corrected chi connectivity index (χ0v) is 22.5. The molecule has 0 heterocycles. The van der Waals surface area contributed by atoms with Crippen LogP contribution in [0.15, 0.2) is 12.1 Å². The average molecular weight is 489 g/mol. The fraction of sp³-hybridized carbons (Fsp3) is 0.812. The molecule has 3 heteroatoms. The van der Waals surface area contributed by atoms with Gasteiger partial charge in [0.25, 0.3) is 0 Å². The van der Waals surface area contributed by atoms with Gasteiger partial charge >= 0.3 is 0 Å². The van der Waals surface area contributed by atoms with Crippen molar-refractivity contribution >= 4 is 0 Å². The van der Waals surface area contributed by atoms with E-state index in [4.69, 9.17) is 4.74 Å². The molecule has 4 unspecified atom stereocenters. The molecule has 1 aromatic rings. The van der Waals surface area contributed by atoms with Crippen LogP contribution in [-0.4, -0.2) is 7.11 Å². The van der Waals surface area contributed by atoms with Crippen molar-refractivity contribution in [3.63, 3.8) is 0 Å². The molecule has 1 nitrogen and oxygen atoms in total. The highest BCUT2D eigenvalue weighted by Gasteiger charge is 2.37. The van der Waals surface area contributed by atoms with Crippen molar-refractivity contribution in [1.82, 2.24) is 0 Å². The van der Waals surface area contributed by atoms with Crippen LogP contribution in [0.3, 0.4) is 0 Å². The van der Waals surface area contributed by atoms with E-state index in [1.54, 1.807) is 12.1 Å². The van der Waals surface area contributed by atoms with Gasteiger partial charge in [-0.15, -0.1) is 0 Å². The maximum atomic E-state index is 14.7. The highest BCUT2D eigenvalue weighted by atomic mass is 19.2. The second kappa shape index (κ2) is 13.4. The third kappa shape index (κ3) is 7.22. The Kier molecular flexibility index (Phi) is 10.3. The summed E-state index contributed by atoms with van der Waals surface area (Å²) in [5, 5.41) is 0. The minimum Gasteiger partial charge on any atom is -0.494 e. The van der Waals surface area contributed by atoms with E-state index in [1.807, 2.05) is 0 Å². The highest BCUT2D eigenvalue weighted by molar-refractivity contribution is 5.33. The number of unbranched alkanes of at least 4 members (excludes halogenated alkanes) is 4. The number of halogens is 2. The van der Waals surface area contributed by atoms with E-state index in [2.05, 4.69) is 6.92 Å². The first kappa shape index (κ1) is 26.9. The van der Waals surface area contributed by atoms with E-state index in [-0.39, 0.29) is 11.7 Å². The Balaban J connectivity index is 1.15. The lowest BCUT2D eigenvalue weighted by molar-refractivity contribution is 0.107. The summed E-state index contributed by atoms with van der Waals surface area (Å²) in [5.74, 6) is 3.06. The summed E-state index contributed by atoms with van der Waals surface area (Å²) in [6.45, 7) is 2.30. The maximum Gasteiger partial charge on any atom is 0.200 e. The molecule has 4 rings (SSSR count). The Morgan fingerprint density at radius 2 is 1.31 bits per heavy atom. The molecule has 0 spiro atoms. The summed E-state index contributed by atoms with van der Waals surface area (Å²) < 4.78 is 33.9. The fourth-order valence-corrected chi connectivity index (χ4v) is 7.87. The van der Waals surface area contributed by atoms with Crippen LogP contribution >= 0.6 is 0 Å². The molecule has 0 N–H and O–H groups in total. The fourth-order valence-electron chi connectivity index (χ4n) is 7.87. The predicted octanol–water partition coefficient (Wildman–Crippen LogP) is 10.2. The van der Waals surface area contributed by atoms with Crippen molar-refractivity contribution in [2.24, 2.45) is 29.6 Å². The van der Waals surface area contributed by atoms with Crippen LogP contribution in [0.4, 0.5) is 8.78 Å². The molecule has 1 aromatic carbocycles. The number of hydrogen-bond acceptors (Lipinski definition) is 1. The monoisotopic (exact) mass is 488 g/mol. The van der Waals surface area contributed by atoms with Crippen molar-refractivity contribution in [3.05, 3.63) is 29.3 Å². The van der Waals surface area contributed by atoms with Gasteiger partial charge < -0.3 is 4.74 Å². The van der Waals surface area contributed by atoms with Gasteiger partial charge in [-0.2, -0.15) is 4.39 Å². The average Bonchev–Trinajstić information content (AvgIpc) is 2.89. The molecule has 0 amide bonds. The Morgan fingerprint density at radius 1 is 0.686 bits per heavy atom. The molecular formula is C32H50F2O. The zero-order chi connectivity index (χ0) is 24.6. The third-order valence-corrected chi connectivity index (χ3v) is 10.1. The Labute approximate surface area is 213 Å². The molecule has 3 fully saturated rings. The molecule has 0 saturated heterocycles. The maximum absolute atomic E-state index is 14.7. The summed E-state index contributed by atoms with van der Waals surface area (Å²) in [7, 11) is 1.39. The molecule has 35 heavy (non-hydrogen) atoms. The van der Waals surface area contributed by atoms with Gasteiger partial charge in [0.05, 0.1) is 7.11 Å². The molecule has 4 atom stereocenters. The van der Waals surface area contributed by atoms with Crippen LogP contribution in [0.2, 0.25) is 0 Å². The van der Waals surface area contributed by atoms with Crippen LogP contribution in [0.25, 0.3) is 0 Å². The van der Waals surface area contributed by atoms with E-state index >= 15 is 0 Å². The normalized spacial score (nSPS) is 31.2. The van der Waals surface area contributed by atoms with Crippen LogP contribution in [0.1, 0.15) is 134 Å². The van der Waals surface area contributed by atoms with E-state index < -0.39 is 11.6 Å². The van der Waals surface area contributed by atoms with Crippen molar-refractivity contribution in [2.45, 2.75) is 128 Å². The Morgan fingerprint density at radius 3 is 2.06 bits per heavy atom. The molecule has 3 aliphatic carbocycles. The van der Waals surface area contributed by atoms with Crippen molar-refractivity contribution in [2.75, 3.05) is 7.11 Å². The number of rotatable bonds is 11. The summed E-state index contributed by atoms with van der Waals surface area (Å²) >= 11 is 0. The van der Waals surface area contributed by atoms with Gasteiger partial charge in [-0.3, -0.25) is 0 Å². The van der Waals surface area contributed by atoms with Crippen molar-refractivity contribution < 1.29 is 13.5 Å². The largest absolute Gasteiger partial charge is 0.494 e. The first-order valence-electron chi connectivity index (χ1n) is 15.1. The number of benzene rings is 1. The van der Waals surface area contributed by atoms with Crippen molar-refractivity contribution in [1.29, 1.82) is 0 Å². The van der Waals surface area contributed by atoms with Gasteiger partial charge in [0.15, 0.2) is 11.6 Å². The second-order valence-corrected chi connectivity index (χ2v) is 12.4. The number of fused-ring (bicyclic) bond motifs is 1. The van der Waals surface area contributed by atoms with Gasteiger partial charge in [-0.25, -0.2) is 4.39 Å². The minimum absolute atomic E-state index is 0.0105. The SMILES string of the molecule is CCCCCCCC1CCC(CCC2CCC3CC(c4ccc(OC)c(F)c4F)CCC3C2)CC1. The van der Waals surface area contributed by atoms with Gasteiger partial charge in [0, 0.05) is 0 Å². The lowest BCUT2D eigenvalue weighted by atomic mass is 9.63. The summed E-state index contributed by atoms with van der Waals surface area (Å²) in [4.78, 5) is 0. The lowest BCUT2D eigenvalue weighted by Gasteiger charge is -2.43. The number of hydrogen-bond donors (Lipinski definition) is 0. The first-order chi connectivity index (χ1) is 17.1. The molecule has 0 aromatic heterocycles. The van der Waals surface area contributed by atoms with E-state index in [0.717, 1.165) is 36.5 Å². The van der Waals surface area contributed by atoms with Gasteiger partial charge in [-0.1, -0.05) is 96.5 Å². The standard InChI is InChI=1S/C32H50F2O/c1-3-4-5-6-7-8-23-9-11-24(12-10-23)13-14-25-15-16-27-22-28(18-17-26(27)21-25)29-19-20-30(35-2)32(34)31(29)33/h19-20,23-28H,3-18,21-22H2,1-2H3. The van der Waals surface area contributed by atoms with Crippen LogP contribution < -0.4 is 4.74 Å².